The summed E-state index contributed by atoms with van der Waals surface area (Å²) in [5.74, 6) is -0.593. The van der Waals surface area contributed by atoms with Gasteiger partial charge in [-0.15, -0.1) is 11.3 Å². The summed E-state index contributed by atoms with van der Waals surface area (Å²) in [6, 6.07) is 13.8. The Hall–Kier alpha value is -2.93. The predicted octanol–water partition coefficient (Wildman–Crippen LogP) is 2.23. The number of aromatic nitrogens is 1. The lowest BCUT2D eigenvalue weighted by Crippen LogP contribution is -2.45. The SMILES string of the molecule is NC(=O)[C@@H](Cc1ccccc1)NC(=O)c1cc(-c2cccs2)on1. The fourth-order valence-corrected chi connectivity index (χ4v) is 2.90. The molecule has 0 saturated carbocycles. The highest BCUT2D eigenvalue weighted by Crippen LogP contribution is 2.25. The molecule has 0 saturated heterocycles. The lowest BCUT2D eigenvalue weighted by atomic mass is 10.1. The van der Waals surface area contributed by atoms with Crippen LogP contribution in [-0.2, 0) is 11.2 Å². The molecule has 0 fully saturated rings. The molecule has 2 aromatic heterocycles. The largest absolute Gasteiger partial charge is 0.368 e. The highest BCUT2D eigenvalue weighted by Gasteiger charge is 2.22. The molecule has 122 valence electrons. The van der Waals surface area contributed by atoms with Gasteiger partial charge in [-0.3, -0.25) is 9.59 Å². The van der Waals surface area contributed by atoms with E-state index in [2.05, 4.69) is 10.5 Å². The van der Waals surface area contributed by atoms with Crippen LogP contribution in [0.5, 0.6) is 0 Å². The molecule has 1 aromatic carbocycles. The van der Waals surface area contributed by atoms with E-state index in [-0.39, 0.29) is 5.69 Å². The van der Waals surface area contributed by atoms with Crippen molar-refractivity contribution in [3.63, 3.8) is 0 Å². The van der Waals surface area contributed by atoms with Crippen LogP contribution in [0.3, 0.4) is 0 Å². The lowest BCUT2D eigenvalue weighted by molar-refractivity contribution is -0.119. The van der Waals surface area contributed by atoms with Crippen molar-refractivity contribution in [3.8, 4) is 10.6 Å². The second-order valence-corrected chi connectivity index (χ2v) is 6.12. The van der Waals surface area contributed by atoms with Crippen molar-refractivity contribution < 1.29 is 14.1 Å². The molecule has 3 aromatic rings. The van der Waals surface area contributed by atoms with Gasteiger partial charge in [0.05, 0.1) is 4.88 Å². The second-order valence-electron chi connectivity index (χ2n) is 5.17. The second kappa shape index (κ2) is 7.10. The first-order valence-electron chi connectivity index (χ1n) is 7.28. The van der Waals surface area contributed by atoms with Gasteiger partial charge in [0.15, 0.2) is 11.5 Å². The van der Waals surface area contributed by atoms with Crippen LogP contribution < -0.4 is 11.1 Å². The van der Waals surface area contributed by atoms with Crippen LogP contribution in [0.15, 0.2) is 58.4 Å². The van der Waals surface area contributed by atoms with Crippen molar-refractivity contribution in [3.05, 3.63) is 65.2 Å². The van der Waals surface area contributed by atoms with Gasteiger partial charge in [0.1, 0.15) is 6.04 Å². The number of thiophene rings is 1. The van der Waals surface area contributed by atoms with Crippen LogP contribution in [0.25, 0.3) is 10.6 Å². The van der Waals surface area contributed by atoms with Gasteiger partial charge < -0.3 is 15.6 Å². The Morgan fingerprint density at radius 1 is 1.21 bits per heavy atom. The van der Waals surface area contributed by atoms with Crippen molar-refractivity contribution in [2.45, 2.75) is 12.5 Å². The van der Waals surface area contributed by atoms with Crippen molar-refractivity contribution in [2.75, 3.05) is 0 Å². The fraction of sp³-hybridized carbons (Fsp3) is 0.118. The van der Waals surface area contributed by atoms with Gasteiger partial charge in [0.25, 0.3) is 5.91 Å². The van der Waals surface area contributed by atoms with Crippen molar-refractivity contribution >= 4 is 23.2 Å². The maximum absolute atomic E-state index is 12.3. The topological polar surface area (TPSA) is 98.2 Å². The quantitative estimate of drug-likeness (QED) is 0.718. The highest BCUT2D eigenvalue weighted by molar-refractivity contribution is 7.13. The van der Waals surface area contributed by atoms with Crippen LogP contribution in [0.4, 0.5) is 0 Å². The summed E-state index contributed by atoms with van der Waals surface area (Å²) in [7, 11) is 0. The zero-order valence-corrected chi connectivity index (χ0v) is 13.5. The van der Waals surface area contributed by atoms with Crippen LogP contribution in [0.1, 0.15) is 16.1 Å². The van der Waals surface area contributed by atoms with E-state index in [1.165, 1.54) is 11.3 Å². The van der Waals surface area contributed by atoms with Gasteiger partial charge >= 0.3 is 0 Å². The minimum absolute atomic E-state index is 0.109. The molecule has 0 bridgehead atoms. The number of benzene rings is 1. The van der Waals surface area contributed by atoms with E-state index in [1.807, 2.05) is 47.8 Å². The van der Waals surface area contributed by atoms with E-state index in [1.54, 1.807) is 6.07 Å². The number of amides is 2. The molecule has 7 heteroatoms. The first-order chi connectivity index (χ1) is 11.6. The summed E-state index contributed by atoms with van der Waals surface area (Å²) in [5.41, 5.74) is 6.41. The molecule has 3 rings (SSSR count). The first-order valence-corrected chi connectivity index (χ1v) is 8.16. The molecule has 0 aliphatic rings. The first kappa shape index (κ1) is 15.9. The summed E-state index contributed by atoms with van der Waals surface area (Å²) in [4.78, 5) is 24.8. The number of nitrogens with two attached hydrogens (primary N) is 1. The Labute approximate surface area is 142 Å². The molecule has 0 aliphatic heterocycles. The number of carbonyl (C=O) groups is 2. The van der Waals surface area contributed by atoms with Gasteiger partial charge in [-0.05, 0) is 17.0 Å². The Bertz CT molecular complexity index is 828. The van der Waals surface area contributed by atoms with Crippen LogP contribution in [-0.4, -0.2) is 23.0 Å². The van der Waals surface area contributed by atoms with Crippen LogP contribution in [0.2, 0.25) is 0 Å². The van der Waals surface area contributed by atoms with Crippen molar-refractivity contribution in [2.24, 2.45) is 5.73 Å². The van der Waals surface area contributed by atoms with Crippen LogP contribution >= 0.6 is 11.3 Å². The fourth-order valence-electron chi connectivity index (χ4n) is 2.22. The van der Waals surface area contributed by atoms with Crippen molar-refractivity contribution in [1.29, 1.82) is 0 Å². The third-order valence-electron chi connectivity index (χ3n) is 3.44. The molecule has 2 amide bonds. The van der Waals surface area contributed by atoms with E-state index in [0.29, 0.717) is 12.2 Å². The number of carbonyl (C=O) groups excluding carboxylic acids is 2. The third-order valence-corrected chi connectivity index (χ3v) is 4.32. The molecule has 0 spiro atoms. The summed E-state index contributed by atoms with van der Waals surface area (Å²) >= 11 is 1.48. The number of nitrogens with one attached hydrogen (secondary N) is 1. The number of primary amides is 1. The lowest BCUT2D eigenvalue weighted by Gasteiger charge is -2.14. The van der Waals surface area contributed by atoms with Crippen LogP contribution in [0, 0.1) is 0 Å². The minimum Gasteiger partial charge on any atom is -0.368 e. The molecular formula is C17H15N3O3S. The molecular weight excluding hydrogens is 326 g/mol. The normalized spacial score (nSPS) is 11.8. The smallest absolute Gasteiger partial charge is 0.274 e. The zero-order valence-electron chi connectivity index (χ0n) is 12.6. The van der Waals surface area contributed by atoms with E-state index in [9.17, 15) is 9.59 Å². The standard InChI is InChI=1S/C17H15N3O3S/c18-16(21)12(9-11-5-2-1-3-6-11)19-17(22)13-10-14(23-20-13)15-7-4-8-24-15/h1-8,10,12H,9H2,(H2,18,21)(H,19,22)/t12-/m1/s1. The number of rotatable bonds is 6. The molecule has 24 heavy (non-hydrogen) atoms. The number of nitrogens with zero attached hydrogens (tertiary/aromatic N) is 1. The number of hydrogen-bond acceptors (Lipinski definition) is 5. The van der Waals surface area contributed by atoms with E-state index < -0.39 is 17.9 Å². The summed E-state index contributed by atoms with van der Waals surface area (Å²) in [5, 5.41) is 8.27. The van der Waals surface area contributed by atoms with Gasteiger partial charge in [0, 0.05) is 12.5 Å². The summed E-state index contributed by atoms with van der Waals surface area (Å²) in [6.07, 6.45) is 0.317. The zero-order chi connectivity index (χ0) is 16.9. The maximum atomic E-state index is 12.3. The Balaban J connectivity index is 1.71. The summed E-state index contributed by atoms with van der Waals surface area (Å²) in [6.45, 7) is 0. The van der Waals surface area contributed by atoms with E-state index in [4.69, 9.17) is 10.3 Å². The average molecular weight is 341 g/mol. The van der Waals surface area contributed by atoms with Gasteiger partial charge in [-0.1, -0.05) is 41.6 Å². The van der Waals surface area contributed by atoms with Gasteiger partial charge in [-0.25, -0.2) is 0 Å². The molecule has 3 N–H and O–H groups in total. The number of hydrogen-bond donors (Lipinski definition) is 2. The third kappa shape index (κ3) is 3.69. The van der Waals surface area contributed by atoms with E-state index in [0.717, 1.165) is 10.4 Å². The Morgan fingerprint density at radius 2 is 2.00 bits per heavy atom. The monoisotopic (exact) mass is 341 g/mol. The molecule has 2 heterocycles. The maximum Gasteiger partial charge on any atom is 0.274 e. The molecule has 1 atom stereocenters. The Morgan fingerprint density at radius 3 is 2.67 bits per heavy atom. The predicted molar refractivity (Wildman–Crippen MR) is 90.4 cm³/mol. The Kier molecular flexibility index (Phi) is 4.72. The van der Waals surface area contributed by atoms with Gasteiger partial charge in [-0.2, -0.15) is 0 Å². The molecule has 0 aliphatic carbocycles. The average Bonchev–Trinajstić information content (AvgIpc) is 3.26. The molecule has 0 unspecified atom stereocenters. The summed E-state index contributed by atoms with van der Waals surface area (Å²) < 4.78 is 5.17. The molecule has 6 nitrogen and oxygen atoms in total. The van der Waals surface area contributed by atoms with Crippen molar-refractivity contribution in [1.82, 2.24) is 10.5 Å². The van der Waals surface area contributed by atoms with Gasteiger partial charge in [0.2, 0.25) is 5.91 Å². The molecule has 0 radical (unpaired) electrons. The minimum atomic E-state index is -0.818. The van der Waals surface area contributed by atoms with E-state index >= 15 is 0 Å². The highest BCUT2D eigenvalue weighted by atomic mass is 32.1.